The number of hydrogen-bond donors (Lipinski definition) is 1. The lowest BCUT2D eigenvalue weighted by Crippen LogP contribution is -2.51. The van der Waals surface area contributed by atoms with Crippen molar-refractivity contribution >= 4 is 0 Å². The van der Waals surface area contributed by atoms with Gasteiger partial charge in [0.1, 0.15) is 0 Å². The standard InChI is InChI=1S/C11H22N2/c1-2-3-4-13-8-10-5-11(9-13)7-12-6-10/h10-12H,2-9H2,1H3/t10-,11+. The van der Waals surface area contributed by atoms with Crippen molar-refractivity contribution in [2.45, 2.75) is 26.2 Å². The Balaban J connectivity index is 1.80. The molecule has 2 aliphatic rings. The Morgan fingerprint density at radius 3 is 2.54 bits per heavy atom. The quantitative estimate of drug-likeness (QED) is 0.708. The molecule has 0 saturated carbocycles. The van der Waals surface area contributed by atoms with Gasteiger partial charge < -0.3 is 10.2 Å². The first-order chi connectivity index (χ1) is 6.38. The minimum absolute atomic E-state index is 0.948. The zero-order chi connectivity index (χ0) is 9.10. The molecular weight excluding hydrogens is 160 g/mol. The van der Waals surface area contributed by atoms with Crippen LogP contribution in [-0.2, 0) is 0 Å². The first kappa shape index (κ1) is 9.47. The van der Waals surface area contributed by atoms with Crippen LogP contribution in [0.25, 0.3) is 0 Å². The van der Waals surface area contributed by atoms with E-state index >= 15 is 0 Å². The number of piperidine rings is 2. The van der Waals surface area contributed by atoms with Crippen molar-refractivity contribution in [2.75, 3.05) is 32.7 Å². The molecule has 2 nitrogen and oxygen atoms in total. The molecule has 0 aromatic heterocycles. The van der Waals surface area contributed by atoms with Gasteiger partial charge in [0.05, 0.1) is 0 Å². The molecular formula is C11H22N2. The highest BCUT2D eigenvalue weighted by Crippen LogP contribution is 2.24. The Labute approximate surface area is 81.7 Å². The molecule has 1 N–H and O–H groups in total. The summed E-state index contributed by atoms with van der Waals surface area (Å²) in [5, 5.41) is 3.54. The van der Waals surface area contributed by atoms with Gasteiger partial charge in [0, 0.05) is 13.1 Å². The van der Waals surface area contributed by atoms with Gasteiger partial charge >= 0.3 is 0 Å². The average molecular weight is 182 g/mol. The van der Waals surface area contributed by atoms with Crippen molar-refractivity contribution in [3.8, 4) is 0 Å². The Morgan fingerprint density at radius 2 is 1.92 bits per heavy atom. The third-order valence-corrected chi connectivity index (χ3v) is 3.39. The van der Waals surface area contributed by atoms with Crippen molar-refractivity contribution < 1.29 is 0 Å². The third-order valence-electron chi connectivity index (χ3n) is 3.39. The van der Waals surface area contributed by atoms with E-state index < -0.39 is 0 Å². The monoisotopic (exact) mass is 182 g/mol. The minimum Gasteiger partial charge on any atom is -0.316 e. The van der Waals surface area contributed by atoms with E-state index in [4.69, 9.17) is 0 Å². The molecule has 2 rings (SSSR count). The zero-order valence-corrected chi connectivity index (χ0v) is 8.76. The van der Waals surface area contributed by atoms with Gasteiger partial charge in [0.2, 0.25) is 0 Å². The van der Waals surface area contributed by atoms with Crippen molar-refractivity contribution in [3.63, 3.8) is 0 Å². The third kappa shape index (κ3) is 2.44. The van der Waals surface area contributed by atoms with Crippen LogP contribution < -0.4 is 5.32 Å². The SMILES string of the molecule is CCCCN1C[C@@H]2CNC[C@@H](C2)C1. The predicted molar refractivity (Wildman–Crippen MR) is 55.8 cm³/mol. The fourth-order valence-electron chi connectivity index (χ4n) is 2.78. The normalized spacial score (nSPS) is 34.8. The number of hydrogen-bond acceptors (Lipinski definition) is 2. The first-order valence-corrected chi connectivity index (χ1v) is 5.81. The molecule has 2 heterocycles. The van der Waals surface area contributed by atoms with Crippen molar-refractivity contribution in [3.05, 3.63) is 0 Å². The van der Waals surface area contributed by atoms with E-state index in [1.807, 2.05) is 0 Å². The summed E-state index contributed by atoms with van der Waals surface area (Å²) in [6, 6.07) is 0. The molecule has 0 aliphatic carbocycles. The maximum atomic E-state index is 3.54. The molecule has 2 aliphatic heterocycles. The minimum atomic E-state index is 0.948. The van der Waals surface area contributed by atoms with Crippen LogP contribution in [0.3, 0.4) is 0 Å². The van der Waals surface area contributed by atoms with Crippen LogP contribution in [-0.4, -0.2) is 37.6 Å². The fraction of sp³-hybridized carbons (Fsp3) is 1.00. The van der Waals surface area contributed by atoms with E-state index in [-0.39, 0.29) is 0 Å². The highest BCUT2D eigenvalue weighted by Gasteiger charge is 2.29. The summed E-state index contributed by atoms with van der Waals surface area (Å²) in [6.45, 7) is 8.85. The van der Waals surface area contributed by atoms with Crippen molar-refractivity contribution in [2.24, 2.45) is 11.8 Å². The summed E-state index contributed by atoms with van der Waals surface area (Å²) in [6.07, 6.45) is 4.20. The van der Waals surface area contributed by atoms with Crippen LogP contribution in [0, 0.1) is 11.8 Å². The molecule has 2 heteroatoms. The van der Waals surface area contributed by atoms with Gasteiger partial charge in [0.25, 0.3) is 0 Å². The summed E-state index contributed by atoms with van der Waals surface area (Å²) >= 11 is 0. The van der Waals surface area contributed by atoms with Gasteiger partial charge in [-0.1, -0.05) is 13.3 Å². The molecule has 0 unspecified atom stereocenters. The molecule has 0 radical (unpaired) electrons. The summed E-state index contributed by atoms with van der Waals surface area (Å²) in [5.41, 5.74) is 0. The van der Waals surface area contributed by atoms with Crippen LogP contribution in [0.1, 0.15) is 26.2 Å². The fourth-order valence-corrected chi connectivity index (χ4v) is 2.78. The first-order valence-electron chi connectivity index (χ1n) is 5.81. The van der Waals surface area contributed by atoms with Crippen molar-refractivity contribution in [1.29, 1.82) is 0 Å². The van der Waals surface area contributed by atoms with Gasteiger partial charge in [-0.15, -0.1) is 0 Å². The Hall–Kier alpha value is -0.0800. The Morgan fingerprint density at radius 1 is 1.23 bits per heavy atom. The molecule has 2 atom stereocenters. The maximum Gasteiger partial charge on any atom is 0.00220 e. The highest BCUT2D eigenvalue weighted by atomic mass is 15.2. The molecule has 13 heavy (non-hydrogen) atoms. The van der Waals surface area contributed by atoms with E-state index in [1.54, 1.807) is 0 Å². The molecule has 0 amide bonds. The summed E-state index contributed by atoms with van der Waals surface area (Å²) < 4.78 is 0. The number of fused-ring (bicyclic) bond motifs is 2. The van der Waals surface area contributed by atoms with Crippen LogP contribution in [0.2, 0.25) is 0 Å². The van der Waals surface area contributed by atoms with Gasteiger partial charge in [-0.3, -0.25) is 0 Å². The number of nitrogens with one attached hydrogen (secondary N) is 1. The van der Waals surface area contributed by atoms with E-state index in [0.29, 0.717) is 0 Å². The second-order valence-corrected chi connectivity index (χ2v) is 4.74. The highest BCUT2D eigenvalue weighted by molar-refractivity contribution is 4.85. The van der Waals surface area contributed by atoms with E-state index in [9.17, 15) is 0 Å². The van der Waals surface area contributed by atoms with Crippen LogP contribution in [0.5, 0.6) is 0 Å². The largest absolute Gasteiger partial charge is 0.316 e. The summed E-state index contributed by atoms with van der Waals surface area (Å²) in [7, 11) is 0. The predicted octanol–water partition coefficient (Wildman–Crippen LogP) is 1.33. The second kappa shape index (κ2) is 4.43. The Bertz CT molecular complexity index is 146. The molecule has 0 aromatic rings. The molecule has 0 aromatic carbocycles. The van der Waals surface area contributed by atoms with Gasteiger partial charge in [-0.05, 0) is 44.3 Å². The smallest absolute Gasteiger partial charge is 0.00220 e. The lowest BCUT2D eigenvalue weighted by atomic mass is 9.86. The molecule has 0 spiro atoms. The van der Waals surface area contributed by atoms with Crippen LogP contribution in [0.4, 0.5) is 0 Å². The number of nitrogens with zero attached hydrogens (tertiary/aromatic N) is 1. The van der Waals surface area contributed by atoms with E-state index in [2.05, 4.69) is 17.1 Å². The maximum absolute atomic E-state index is 3.54. The molecule has 76 valence electrons. The van der Waals surface area contributed by atoms with Crippen LogP contribution >= 0.6 is 0 Å². The molecule has 2 saturated heterocycles. The van der Waals surface area contributed by atoms with Crippen LogP contribution in [0.15, 0.2) is 0 Å². The van der Waals surface area contributed by atoms with Gasteiger partial charge in [0.15, 0.2) is 0 Å². The van der Waals surface area contributed by atoms with E-state index in [1.165, 1.54) is 52.0 Å². The van der Waals surface area contributed by atoms with E-state index in [0.717, 1.165) is 11.8 Å². The second-order valence-electron chi connectivity index (χ2n) is 4.74. The number of rotatable bonds is 3. The number of likely N-dealkylation sites (tertiary alicyclic amines) is 1. The van der Waals surface area contributed by atoms with Gasteiger partial charge in [-0.25, -0.2) is 0 Å². The van der Waals surface area contributed by atoms with Gasteiger partial charge in [-0.2, -0.15) is 0 Å². The van der Waals surface area contributed by atoms with Crippen molar-refractivity contribution in [1.82, 2.24) is 10.2 Å². The topological polar surface area (TPSA) is 15.3 Å². The lowest BCUT2D eigenvalue weighted by Gasteiger charge is -2.41. The average Bonchev–Trinajstić information content (AvgIpc) is 2.14. The number of unbranched alkanes of at least 4 members (excludes halogenated alkanes) is 1. The summed E-state index contributed by atoms with van der Waals surface area (Å²) in [4.78, 5) is 2.68. The summed E-state index contributed by atoms with van der Waals surface area (Å²) in [5.74, 6) is 1.90. The molecule has 2 fully saturated rings. The zero-order valence-electron chi connectivity index (χ0n) is 8.76. The molecule has 2 bridgehead atoms. The Kier molecular flexibility index (Phi) is 3.23. The lowest BCUT2D eigenvalue weighted by molar-refractivity contribution is 0.0963.